The summed E-state index contributed by atoms with van der Waals surface area (Å²) < 4.78 is 1.40. The summed E-state index contributed by atoms with van der Waals surface area (Å²) in [5, 5.41) is 9.01. The van der Waals surface area contributed by atoms with Crippen LogP contribution in [0.2, 0.25) is 5.02 Å². The van der Waals surface area contributed by atoms with E-state index in [1.807, 2.05) is 24.3 Å². The van der Waals surface area contributed by atoms with Gasteiger partial charge in [-0.25, -0.2) is 4.68 Å². The van der Waals surface area contributed by atoms with E-state index in [0.717, 1.165) is 10.8 Å². The number of aromatic nitrogens is 3. The fourth-order valence-electron chi connectivity index (χ4n) is 1.06. The van der Waals surface area contributed by atoms with Crippen LogP contribution in [0.25, 0.3) is 0 Å². The topological polar surface area (TPSA) is 56.7 Å². The number of nitrogen functional groups attached to an aromatic ring is 1. The van der Waals surface area contributed by atoms with Crippen molar-refractivity contribution in [3.8, 4) is 0 Å². The Morgan fingerprint density at radius 1 is 1.33 bits per heavy atom. The quantitative estimate of drug-likeness (QED) is 0.658. The predicted molar refractivity (Wildman–Crippen MR) is 61.2 cm³/mol. The molecule has 0 saturated carbocycles. The molecule has 15 heavy (non-hydrogen) atoms. The third-order valence-electron chi connectivity index (χ3n) is 1.82. The molecule has 6 heteroatoms. The molecule has 2 rings (SSSR count). The average Bonchev–Trinajstić information content (AvgIpc) is 2.63. The Kier molecular flexibility index (Phi) is 3.13. The van der Waals surface area contributed by atoms with E-state index in [0.29, 0.717) is 5.16 Å². The highest BCUT2D eigenvalue weighted by atomic mass is 35.5. The second kappa shape index (κ2) is 4.55. The van der Waals surface area contributed by atoms with Crippen LogP contribution in [-0.2, 0) is 5.75 Å². The first-order chi connectivity index (χ1) is 7.25. The Labute approximate surface area is 96.4 Å². The lowest BCUT2D eigenvalue weighted by Crippen LogP contribution is -2.07. The summed E-state index contributed by atoms with van der Waals surface area (Å²) in [6, 6.07) is 7.69. The van der Waals surface area contributed by atoms with Crippen LogP contribution < -0.4 is 5.84 Å². The third kappa shape index (κ3) is 2.64. The molecule has 0 unspecified atom stereocenters. The molecule has 0 aliphatic heterocycles. The minimum Gasteiger partial charge on any atom is -0.336 e. The number of hydrogen-bond donors (Lipinski definition) is 1. The number of halogens is 1. The van der Waals surface area contributed by atoms with E-state index >= 15 is 0 Å². The van der Waals surface area contributed by atoms with E-state index in [2.05, 4.69) is 10.2 Å². The molecular formula is C9H9ClN4S. The van der Waals surface area contributed by atoms with E-state index < -0.39 is 0 Å². The van der Waals surface area contributed by atoms with Crippen molar-refractivity contribution in [2.24, 2.45) is 0 Å². The Hall–Kier alpha value is -1.20. The number of nitrogens with zero attached hydrogens (tertiary/aromatic N) is 3. The highest BCUT2D eigenvalue weighted by Gasteiger charge is 2.02. The van der Waals surface area contributed by atoms with Gasteiger partial charge in [0, 0.05) is 10.8 Å². The first-order valence-electron chi connectivity index (χ1n) is 4.28. The van der Waals surface area contributed by atoms with Crippen LogP contribution in [0.3, 0.4) is 0 Å². The second-order valence-corrected chi connectivity index (χ2v) is 4.31. The van der Waals surface area contributed by atoms with Gasteiger partial charge in [0.1, 0.15) is 6.33 Å². The van der Waals surface area contributed by atoms with Crippen molar-refractivity contribution in [3.63, 3.8) is 0 Å². The van der Waals surface area contributed by atoms with Crippen LogP contribution >= 0.6 is 23.4 Å². The molecule has 1 heterocycles. The molecule has 2 N–H and O–H groups in total. The van der Waals surface area contributed by atoms with Crippen LogP contribution in [0, 0.1) is 0 Å². The Morgan fingerprint density at radius 3 is 2.67 bits per heavy atom. The molecule has 0 spiro atoms. The van der Waals surface area contributed by atoms with Gasteiger partial charge in [-0.3, -0.25) is 0 Å². The van der Waals surface area contributed by atoms with Crippen molar-refractivity contribution >= 4 is 23.4 Å². The van der Waals surface area contributed by atoms with Gasteiger partial charge in [-0.15, -0.1) is 10.2 Å². The Bertz CT molecular complexity index is 440. The molecular weight excluding hydrogens is 232 g/mol. The van der Waals surface area contributed by atoms with Crippen molar-refractivity contribution in [2.45, 2.75) is 10.9 Å². The first-order valence-corrected chi connectivity index (χ1v) is 5.64. The van der Waals surface area contributed by atoms with E-state index in [9.17, 15) is 0 Å². The summed E-state index contributed by atoms with van der Waals surface area (Å²) in [6.45, 7) is 0. The molecule has 0 aliphatic rings. The minimum absolute atomic E-state index is 0.699. The zero-order valence-electron chi connectivity index (χ0n) is 7.80. The van der Waals surface area contributed by atoms with Crippen molar-refractivity contribution in [1.29, 1.82) is 0 Å². The molecule has 0 saturated heterocycles. The van der Waals surface area contributed by atoms with E-state index in [-0.39, 0.29) is 0 Å². The van der Waals surface area contributed by atoms with E-state index in [1.54, 1.807) is 0 Å². The van der Waals surface area contributed by atoms with Crippen molar-refractivity contribution in [3.05, 3.63) is 41.2 Å². The third-order valence-corrected chi connectivity index (χ3v) is 3.10. The zero-order valence-corrected chi connectivity index (χ0v) is 9.37. The van der Waals surface area contributed by atoms with Crippen molar-refractivity contribution in [2.75, 3.05) is 5.84 Å². The van der Waals surface area contributed by atoms with Crippen LogP contribution in [-0.4, -0.2) is 14.9 Å². The smallest absolute Gasteiger partial charge is 0.209 e. The lowest BCUT2D eigenvalue weighted by atomic mass is 10.2. The fraction of sp³-hybridized carbons (Fsp3) is 0.111. The summed E-state index contributed by atoms with van der Waals surface area (Å²) in [5.74, 6) is 6.38. The van der Waals surface area contributed by atoms with Gasteiger partial charge < -0.3 is 5.84 Å². The maximum absolute atomic E-state index is 5.78. The molecule has 1 aromatic carbocycles. The molecule has 2 aromatic rings. The highest BCUT2D eigenvalue weighted by molar-refractivity contribution is 7.98. The van der Waals surface area contributed by atoms with Crippen molar-refractivity contribution in [1.82, 2.24) is 14.9 Å². The van der Waals surface area contributed by atoms with Gasteiger partial charge in [-0.2, -0.15) is 0 Å². The van der Waals surface area contributed by atoms with Crippen LogP contribution in [0.15, 0.2) is 35.7 Å². The van der Waals surface area contributed by atoms with E-state index in [1.165, 1.54) is 28.3 Å². The van der Waals surface area contributed by atoms with Crippen LogP contribution in [0.4, 0.5) is 0 Å². The molecule has 0 atom stereocenters. The maximum atomic E-state index is 5.78. The van der Waals surface area contributed by atoms with Gasteiger partial charge in [0.05, 0.1) is 0 Å². The second-order valence-electron chi connectivity index (χ2n) is 2.94. The molecule has 0 radical (unpaired) electrons. The predicted octanol–water partition coefficient (Wildman–Crippen LogP) is 1.94. The van der Waals surface area contributed by atoms with Gasteiger partial charge in [0.15, 0.2) is 0 Å². The Morgan fingerprint density at radius 2 is 2.07 bits per heavy atom. The summed E-state index contributed by atoms with van der Waals surface area (Å²) in [5.41, 5.74) is 1.17. The fourth-order valence-corrected chi connectivity index (χ4v) is 1.98. The molecule has 0 fully saturated rings. The monoisotopic (exact) mass is 240 g/mol. The van der Waals surface area contributed by atoms with E-state index in [4.69, 9.17) is 17.4 Å². The normalized spacial score (nSPS) is 10.5. The molecule has 1 aromatic heterocycles. The summed E-state index contributed by atoms with van der Waals surface area (Å²) >= 11 is 7.32. The number of hydrogen-bond acceptors (Lipinski definition) is 4. The number of benzene rings is 1. The van der Waals surface area contributed by atoms with Gasteiger partial charge in [0.25, 0.3) is 0 Å². The zero-order chi connectivity index (χ0) is 10.7. The molecule has 0 aliphatic carbocycles. The van der Waals surface area contributed by atoms with Crippen molar-refractivity contribution < 1.29 is 0 Å². The van der Waals surface area contributed by atoms with Gasteiger partial charge >= 0.3 is 0 Å². The largest absolute Gasteiger partial charge is 0.336 e. The molecule has 4 nitrogen and oxygen atoms in total. The van der Waals surface area contributed by atoms with Crippen LogP contribution in [0.1, 0.15) is 5.56 Å². The lowest BCUT2D eigenvalue weighted by Gasteiger charge is -2.00. The number of thioether (sulfide) groups is 1. The summed E-state index contributed by atoms with van der Waals surface area (Å²) in [7, 11) is 0. The first kappa shape index (κ1) is 10.3. The maximum Gasteiger partial charge on any atom is 0.209 e. The highest BCUT2D eigenvalue weighted by Crippen LogP contribution is 2.20. The Balaban J connectivity index is 1.99. The molecule has 0 bridgehead atoms. The summed E-state index contributed by atoms with van der Waals surface area (Å²) in [4.78, 5) is 0. The molecule has 0 amide bonds. The number of rotatable bonds is 3. The standard InChI is InChI=1S/C9H9ClN4S/c10-8-3-1-7(2-4-8)5-15-9-13-12-6-14(9)11/h1-4,6H,5,11H2. The minimum atomic E-state index is 0.699. The molecule has 78 valence electrons. The van der Waals surface area contributed by atoms with Gasteiger partial charge in [0.2, 0.25) is 5.16 Å². The summed E-state index contributed by atoms with van der Waals surface area (Å²) in [6.07, 6.45) is 1.48. The average molecular weight is 241 g/mol. The SMILES string of the molecule is Nn1cnnc1SCc1ccc(Cl)cc1. The van der Waals surface area contributed by atoms with Gasteiger partial charge in [-0.05, 0) is 17.7 Å². The number of nitrogens with two attached hydrogens (primary N) is 1. The lowest BCUT2D eigenvalue weighted by molar-refractivity contribution is 0.846. The van der Waals surface area contributed by atoms with Gasteiger partial charge in [-0.1, -0.05) is 35.5 Å². The van der Waals surface area contributed by atoms with Crippen LogP contribution in [0.5, 0.6) is 0 Å².